The highest BCUT2D eigenvalue weighted by Gasteiger charge is 2.07. The summed E-state index contributed by atoms with van der Waals surface area (Å²) in [7, 11) is 1.60. The van der Waals surface area contributed by atoms with Gasteiger partial charge >= 0.3 is 6.03 Å². The van der Waals surface area contributed by atoms with Gasteiger partial charge in [-0.1, -0.05) is 29.8 Å². The van der Waals surface area contributed by atoms with Gasteiger partial charge in [0.2, 0.25) is 0 Å². The maximum atomic E-state index is 12.2. The number of anilines is 2. The SMILES string of the molecule is Cc1ccc(Cl)cc1NC(=O)Nc1ccc(-c2ccc(=O)n(C)n2)cc1. The Morgan fingerprint density at radius 2 is 1.77 bits per heavy atom. The zero-order valence-corrected chi connectivity index (χ0v) is 15.0. The van der Waals surface area contributed by atoms with Gasteiger partial charge in [0, 0.05) is 35.1 Å². The van der Waals surface area contributed by atoms with Crippen LogP contribution < -0.4 is 16.2 Å². The summed E-state index contributed by atoms with van der Waals surface area (Å²) in [6.07, 6.45) is 0. The van der Waals surface area contributed by atoms with Crippen LogP contribution in [-0.4, -0.2) is 15.8 Å². The molecule has 0 atom stereocenters. The number of benzene rings is 2. The summed E-state index contributed by atoms with van der Waals surface area (Å²) in [5.74, 6) is 0. The lowest BCUT2D eigenvalue weighted by Crippen LogP contribution is -2.20. The van der Waals surface area contributed by atoms with Gasteiger partial charge in [-0.3, -0.25) is 4.79 Å². The average molecular weight is 369 g/mol. The number of nitrogens with zero attached hydrogens (tertiary/aromatic N) is 2. The molecule has 1 heterocycles. The molecule has 0 aliphatic rings. The van der Waals surface area contributed by atoms with Crippen molar-refractivity contribution >= 4 is 29.0 Å². The number of aryl methyl sites for hydroxylation is 2. The van der Waals surface area contributed by atoms with E-state index in [0.717, 1.165) is 11.1 Å². The first-order valence-electron chi connectivity index (χ1n) is 7.91. The van der Waals surface area contributed by atoms with E-state index in [4.69, 9.17) is 11.6 Å². The van der Waals surface area contributed by atoms with E-state index in [2.05, 4.69) is 15.7 Å². The van der Waals surface area contributed by atoms with Crippen LogP contribution in [0.25, 0.3) is 11.3 Å². The van der Waals surface area contributed by atoms with Gasteiger partial charge in [-0.15, -0.1) is 0 Å². The molecule has 2 aromatic carbocycles. The average Bonchev–Trinajstić information content (AvgIpc) is 2.61. The molecule has 2 amide bonds. The molecule has 0 radical (unpaired) electrons. The number of aromatic nitrogens is 2. The number of hydrogen-bond donors (Lipinski definition) is 2. The van der Waals surface area contributed by atoms with Crippen molar-refractivity contribution in [1.82, 2.24) is 9.78 Å². The second kappa shape index (κ2) is 7.41. The fourth-order valence-electron chi connectivity index (χ4n) is 2.39. The van der Waals surface area contributed by atoms with Crippen LogP contribution in [0.3, 0.4) is 0 Å². The lowest BCUT2D eigenvalue weighted by molar-refractivity contribution is 0.262. The molecule has 2 N–H and O–H groups in total. The van der Waals surface area contributed by atoms with E-state index >= 15 is 0 Å². The second-order valence-corrected chi connectivity index (χ2v) is 6.23. The highest BCUT2D eigenvalue weighted by molar-refractivity contribution is 6.31. The van der Waals surface area contributed by atoms with Gasteiger partial charge in [-0.2, -0.15) is 5.10 Å². The topological polar surface area (TPSA) is 76.0 Å². The van der Waals surface area contributed by atoms with E-state index in [1.54, 1.807) is 37.4 Å². The van der Waals surface area contributed by atoms with Crippen LogP contribution in [0.2, 0.25) is 5.02 Å². The Balaban J connectivity index is 1.70. The quantitative estimate of drug-likeness (QED) is 0.732. The minimum Gasteiger partial charge on any atom is -0.308 e. The third kappa shape index (κ3) is 4.10. The van der Waals surface area contributed by atoms with Gasteiger partial charge in [0.15, 0.2) is 0 Å². The molecule has 6 nitrogen and oxygen atoms in total. The molecule has 26 heavy (non-hydrogen) atoms. The third-order valence-corrected chi connectivity index (χ3v) is 4.08. The Morgan fingerprint density at radius 1 is 1.04 bits per heavy atom. The van der Waals surface area contributed by atoms with E-state index in [0.29, 0.717) is 22.1 Å². The van der Waals surface area contributed by atoms with Crippen molar-refractivity contribution in [2.45, 2.75) is 6.92 Å². The second-order valence-electron chi connectivity index (χ2n) is 5.80. The van der Waals surface area contributed by atoms with E-state index in [9.17, 15) is 9.59 Å². The number of nitrogens with one attached hydrogen (secondary N) is 2. The molecule has 0 aliphatic heterocycles. The zero-order chi connectivity index (χ0) is 18.7. The van der Waals surface area contributed by atoms with E-state index in [-0.39, 0.29) is 11.6 Å². The minimum atomic E-state index is -0.358. The standard InChI is InChI=1S/C19H17ClN4O2/c1-12-3-6-14(20)11-17(12)22-19(26)21-15-7-4-13(5-8-15)16-9-10-18(25)24(2)23-16/h3-11H,1-2H3,(H2,21,22,26). The van der Waals surface area contributed by atoms with Crippen LogP contribution >= 0.6 is 11.6 Å². The van der Waals surface area contributed by atoms with Gasteiger partial charge in [0.05, 0.1) is 5.69 Å². The van der Waals surface area contributed by atoms with Crippen LogP contribution in [0.4, 0.5) is 16.2 Å². The number of carbonyl (C=O) groups excluding carboxylic acids is 1. The number of halogens is 1. The lowest BCUT2D eigenvalue weighted by atomic mass is 10.1. The molecule has 0 bridgehead atoms. The first-order chi connectivity index (χ1) is 12.4. The highest BCUT2D eigenvalue weighted by Crippen LogP contribution is 2.21. The normalized spacial score (nSPS) is 10.4. The largest absolute Gasteiger partial charge is 0.323 e. The van der Waals surface area contributed by atoms with Crippen LogP contribution in [0, 0.1) is 6.92 Å². The third-order valence-electron chi connectivity index (χ3n) is 3.85. The van der Waals surface area contributed by atoms with Crippen LogP contribution in [-0.2, 0) is 7.05 Å². The number of carbonyl (C=O) groups is 1. The van der Waals surface area contributed by atoms with Gasteiger partial charge in [-0.05, 0) is 42.8 Å². The number of hydrogen-bond acceptors (Lipinski definition) is 3. The van der Waals surface area contributed by atoms with Crippen molar-refractivity contribution in [2.24, 2.45) is 7.05 Å². The molecule has 0 spiro atoms. The molecule has 0 saturated heterocycles. The molecule has 3 aromatic rings. The summed E-state index contributed by atoms with van der Waals surface area (Å²) in [6, 6.07) is 15.3. The molecule has 0 saturated carbocycles. The Bertz CT molecular complexity index is 1010. The number of urea groups is 1. The summed E-state index contributed by atoms with van der Waals surface area (Å²) in [5.41, 5.74) is 3.56. The summed E-state index contributed by atoms with van der Waals surface area (Å²) >= 11 is 5.96. The lowest BCUT2D eigenvalue weighted by Gasteiger charge is -2.11. The molecular weight excluding hydrogens is 352 g/mol. The van der Waals surface area contributed by atoms with Crippen molar-refractivity contribution in [2.75, 3.05) is 10.6 Å². The van der Waals surface area contributed by atoms with Gasteiger partial charge in [0.25, 0.3) is 5.56 Å². The van der Waals surface area contributed by atoms with Crippen LogP contribution in [0.1, 0.15) is 5.56 Å². The van der Waals surface area contributed by atoms with Crippen LogP contribution in [0.5, 0.6) is 0 Å². The smallest absolute Gasteiger partial charge is 0.308 e. The van der Waals surface area contributed by atoms with Crippen molar-refractivity contribution in [3.8, 4) is 11.3 Å². The number of amides is 2. The monoisotopic (exact) mass is 368 g/mol. The van der Waals surface area contributed by atoms with Crippen molar-refractivity contribution < 1.29 is 4.79 Å². The molecule has 132 valence electrons. The molecule has 3 rings (SSSR count). The molecule has 1 aromatic heterocycles. The van der Waals surface area contributed by atoms with Crippen LogP contribution in [0.15, 0.2) is 59.4 Å². The fourth-order valence-corrected chi connectivity index (χ4v) is 2.57. The van der Waals surface area contributed by atoms with Crippen molar-refractivity contribution in [1.29, 1.82) is 0 Å². The number of rotatable bonds is 3. The van der Waals surface area contributed by atoms with E-state index in [1.165, 1.54) is 10.7 Å². The summed E-state index contributed by atoms with van der Waals surface area (Å²) < 4.78 is 1.28. The molecular formula is C19H17ClN4O2. The van der Waals surface area contributed by atoms with Gasteiger partial charge in [-0.25, -0.2) is 9.48 Å². The summed E-state index contributed by atoms with van der Waals surface area (Å²) in [5, 5.41) is 10.3. The van der Waals surface area contributed by atoms with Crippen molar-refractivity contribution in [3.05, 3.63) is 75.5 Å². The van der Waals surface area contributed by atoms with Gasteiger partial charge in [0.1, 0.15) is 0 Å². The molecule has 0 fully saturated rings. The van der Waals surface area contributed by atoms with Gasteiger partial charge < -0.3 is 10.6 Å². The van der Waals surface area contributed by atoms with E-state index < -0.39 is 0 Å². The zero-order valence-electron chi connectivity index (χ0n) is 14.3. The Kier molecular flexibility index (Phi) is 5.04. The Hall–Kier alpha value is -3.12. The minimum absolute atomic E-state index is 0.167. The molecule has 0 unspecified atom stereocenters. The highest BCUT2D eigenvalue weighted by atomic mass is 35.5. The Morgan fingerprint density at radius 3 is 2.46 bits per heavy atom. The predicted octanol–water partition coefficient (Wildman–Crippen LogP) is 4.05. The maximum absolute atomic E-state index is 12.2. The summed E-state index contributed by atoms with van der Waals surface area (Å²) in [4.78, 5) is 23.6. The predicted molar refractivity (Wildman–Crippen MR) is 104 cm³/mol. The molecule has 0 aliphatic carbocycles. The summed E-state index contributed by atoms with van der Waals surface area (Å²) in [6.45, 7) is 1.89. The maximum Gasteiger partial charge on any atom is 0.323 e. The first-order valence-corrected chi connectivity index (χ1v) is 8.29. The molecule has 7 heteroatoms. The fraction of sp³-hybridized carbons (Fsp3) is 0.105. The Labute approximate surface area is 155 Å². The first kappa shape index (κ1) is 17.7. The van der Waals surface area contributed by atoms with E-state index in [1.807, 2.05) is 25.1 Å². The van der Waals surface area contributed by atoms with Crippen molar-refractivity contribution in [3.63, 3.8) is 0 Å².